The van der Waals surface area contributed by atoms with E-state index in [4.69, 9.17) is 4.52 Å². The van der Waals surface area contributed by atoms with Crippen molar-refractivity contribution in [3.05, 3.63) is 18.0 Å². The fourth-order valence-corrected chi connectivity index (χ4v) is 1.99. The average Bonchev–Trinajstić information content (AvgIpc) is 2.69. The van der Waals surface area contributed by atoms with E-state index in [0.717, 1.165) is 13.1 Å². The molecule has 0 aromatic carbocycles. The van der Waals surface area contributed by atoms with Gasteiger partial charge in [-0.2, -0.15) is 0 Å². The number of amides is 1. The van der Waals surface area contributed by atoms with E-state index in [0.29, 0.717) is 5.76 Å². The second kappa shape index (κ2) is 4.02. The van der Waals surface area contributed by atoms with E-state index < -0.39 is 0 Å². The molecule has 1 aliphatic rings. The first kappa shape index (κ1) is 10.2. The van der Waals surface area contributed by atoms with E-state index >= 15 is 0 Å². The zero-order valence-corrected chi connectivity index (χ0v) is 8.93. The van der Waals surface area contributed by atoms with Crippen molar-refractivity contribution < 1.29 is 9.32 Å². The van der Waals surface area contributed by atoms with Crippen LogP contribution in [0.5, 0.6) is 0 Å². The van der Waals surface area contributed by atoms with Crippen molar-refractivity contribution in [2.75, 3.05) is 13.1 Å². The van der Waals surface area contributed by atoms with Crippen LogP contribution < -0.4 is 5.32 Å². The molecule has 2 heterocycles. The van der Waals surface area contributed by atoms with Crippen LogP contribution in [-0.2, 0) is 0 Å². The van der Waals surface area contributed by atoms with Crippen LogP contribution in [0, 0.1) is 0 Å². The Morgan fingerprint density at radius 2 is 2.20 bits per heavy atom. The number of rotatable bonds is 1. The maximum absolute atomic E-state index is 12.0. The number of piperazine rings is 1. The molecular formula is C10H15N3O2. The number of carbonyl (C=O) groups is 1. The molecule has 1 aromatic heterocycles. The Balaban J connectivity index is 2.17. The lowest BCUT2D eigenvalue weighted by Crippen LogP contribution is -2.57. The van der Waals surface area contributed by atoms with Gasteiger partial charge in [-0.1, -0.05) is 5.16 Å². The normalized spacial score (nSPS) is 26.7. The highest BCUT2D eigenvalue weighted by atomic mass is 16.5. The van der Waals surface area contributed by atoms with Crippen LogP contribution in [0.4, 0.5) is 0 Å². The summed E-state index contributed by atoms with van der Waals surface area (Å²) in [4.78, 5) is 13.9. The SMILES string of the molecule is CC1CNCC(C)N1C(=O)c1ccno1. The molecule has 2 atom stereocenters. The minimum Gasteiger partial charge on any atom is -0.351 e. The van der Waals surface area contributed by atoms with E-state index in [-0.39, 0.29) is 18.0 Å². The van der Waals surface area contributed by atoms with Gasteiger partial charge in [-0.3, -0.25) is 4.79 Å². The summed E-state index contributed by atoms with van der Waals surface area (Å²) in [6, 6.07) is 1.97. The maximum Gasteiger partial charge on any atom is 0.293 e. The lowest BCUT2D eigenvalue weighted by molar-refractivity contribution is 0.0502. The zero-order valence-electron chi connectivity index (χ0n) is 8.93. The highest BCUT2D eigenvalue weighted by Crippen LogP contribution is 2.14. The van der Waals surface area contributed by atoms with E-state index in [1.807, 2.05) is 18.7 Å². The van der Waals surface area contributed by atoms with Crippen LogP contribution in [-0.4, -0.2) is 41.1 Å². The lowest BCUT2D eigenvalue weighted by atomic mass is 10.1. The summed E-state index contributed by atoms with van der Waals surface area (Å²) in [6.07, 6.45) is 1.49. The maximum atomic E-state index is 12.0. The van der Waals surface area contributed by atoms with Gasteiger partial charge in [-0.25, -0.2) is 0 Å². The van der Waals surface area contributed by atoms with Crippen LogP contribution in [0.3, 0.4) is 0 Å². The summed E-state index contributed by atoms with van der Waals surface area (Å²) in [5.41, 5.74) is 0. The van der Waals surface area contributed by atoms with Crippen molar-refractivity contribution >= 4 is 5.91 Å². The molecule has 1 N–H and O–H groups in total. The lowest BCUT2D eigenvalue weighted by Gasteiger charge is -2.38. The van der Waals surface area contributed by atoms with Crippen LogP contribution in [0.15, 0.2) is 16.8 Å². The highest BCUT2D eigenvalue weighted by molar-refractivity contribution is 5.91. The molecule has 1 fully saturated rings. The monoisotopic (exact) mass is 209 g/mol. The Morgan fingerprint density at radius 1 is 1.53 bits per heavy atom. The molecule has 0 bridgehead atoms. The second-order valence-corrected chi connectivity index (χ2v) is 3.95. The number of nitrogens with zero attached hydrogens (tertiary/aromatic N) is 2. The molecule has 2 unspecified atom stereocenters. The van der Waals surface area contributed by atoms with Crippen molar-refractivity contribution in [1.82, 2.24) is 15.4 Å². The molecule has 15 heavy (non-hydrogen) atoms. The van der Waals surface area contributed by atoms with Crippen molar-refractivity contribution in [1.29, 1.82) is 0 Å². The Labute approximate surface area is 88.4 Å². The molecule has 1 amide bonds. The van der Waals surface area contributed by atoms with Gasteiger partial charge in [-0.05, 0) is 13.8 Å². The molecule has 5 heteroatoms. The predicted molar refractivity (Wildman–Crippen MR) is 54.5 cm³/mol. The van der Waals surface area contributed by atoms with Gasteiger partial charge in [-0.15, -0.1) is 0 Å². The van der Waals surface area contributed by atoms with E-state index in [1.54, 1.807) is 6.07 Å². The van der Waals surface area contributed by atoms with E-state index in [9.17, 15) is 4.79 Å². The molecule has 5 nitrogen and oxygen atoms in total. The number of nitrogens with one attached hydrogen (secondary N) is 1. The molecule has 1 saturated heterocycles. The summed E-state index contributed by atoms with van der Waals surface area (Å²) < 4.78 is 4.88. The van der Waals surface area contributed by atoms with Crippen molar-refractivity contribution in [3.63, 3.8) is 0 Å². The van der Waals surface area contributed by atoms with Gasteiger partial charge in [0.15, 0.2) is 0 Å². The number of carbonyl (C=O) groups excluding carboxylic acids is 1. The summed E-state index contributed by atoms with van der Waals surface area (Å²) in [5.74, 6) is 0.240. The fraction of sp³-hybridized carbons (Fsp3) is 0.600. The highest BCUT2D eigenvalue weighted by Gasteiger charge is 2.30. The molecule has 0 aliphatic carbocycles. The summed E-state index contributed by atoms with van der Waals surface area (Å²) >= 11 is 0. The molecule has 0 radical (unpaired) electrons. The quantitative estimate of drug-likeness (QED) is 0.731. The molecule has 0 spiro atoms. The molecule has 0 saturated carbocycles. The van der Waals surface area contributed by atoms with Crippen LogP contribution in [0.1, 0.15) is 24.4 Å². The van der Waals surface area contributed by atoms with E-state index in [2.05, 4.69) is 10.5 Å². The van der Waals surface area contributed by atoms with Gasteiger partial charge in [0.25, 0.3) is 5.91 Å². The Morgan fingerprint density at radius 3 is 2.73 bits per heavy atom. The summed E-state index contributed by atoms with van der Waals surface area (Å²) in [7, 11) is 0. The molecular weight excluding hydrogens is 194 g/mol. The smallest absolute Gasteiger partial charge is 0.293 e. The molecule has 1 aliphatic heterocycles. The molecule has 82 valence electrons. The zero-order chi connectivity index (χ0) is 10.8. The van der Waals surface area contributed by atoms with Gasteiger partial charge >= 0.3 is 0 Å². The first-order valence-electron chi connectivity index (χ1n) is 5.14. The standard InChI is InChI=1S/C10H15N3O2/c1-7-5-11-6-8(2)13(7)10(14)9-3-4-12-15-9/h3-4,7-8,11H,5-6H2,1-2H3. The molecule has 2 rings (SSSR count). The van der Waals surface area contributed by atoms with Gasteiger partial charge in [0.1, 0.15) is 0 Å². The third-order valence-corrected chi connectivity index (χ3v) is 2.71. The summed E-state index contributed by atoms with van der Waals surface area (Å²) in [5, 5.41) is 6.82. The van der Waals surface area contributed by atoms with Crippen molar-refractivity contribution in [2.24, 2.45) is 0 Å². The van der Waals surface area contributed by atoms with Crippen LogP contribution in [0.25, 0.3) is 0 Å². The summed E-state index contributed by atoms with van der Waals surface area (Å²) in [6.45, 7) is 5.70. The van der Waals surface area contributed by atoms with Crippen molar-refractivity contribution in [2.45, 2.75) is 25.9 Å². The minimum atomic E-state index is -0.0750. The Bertz CT molecular complexity index is 326. The van der Waals surface area contributed by atoms with Gasteiger partial charge in [0, 0.05) is 31.2 Å². The van der Waals surface area contributed by atoms with Crippen LogP contribution >= 0.6 is 0 Å². The third-order valence-electron chi connectivity index (χ3n) is 2.71. The Hall–Kier alpha value is -1.36. The van der Waals surface area contributed by atoms with Gasteiger partial charge in [0.2, 0.25) is 5.76 Å². The predicted octanol–water partition coefficient (Wildman–Crippen LogP) is 0.497. The fourth-order valence-electron chi connectivity index (χ4n) is 1.99. The van der Waals surface area contributed by atoms with Crippen LogP contribution in [0.2, 0.25) is 0 Å². The molecule has 1 aromatic rings. The second-order valence-electron chi connectivity index (χ2n) is 3.95. The van der Waals surface area contributed by atoms with Crippen molar-refractivity contribution in [3.8, 4) is 0 Å². The first-order chi connectivity index (χ1) is 7.20. The first-order valence-corrected chi connectivity index (χ1v) is 5.14. The number of aromatic nitrogens is 1. The van der Waals surface area contributed by atoms with Gasteiger partial charge < -0.3 is 14.7 Å². The third kappa shape index (κ3) is 1.87. The topological polar surface area (TPSA) is 58.4 Å². The number of hydrogen-bond acceptors (Lipinski definition) is 4. The Kier molecular flexibility index (Phi) is 2.73. The largest absolute Gasteiger partial charge is 0.351 e. The van der Waals surface area contributed by atoms with Gasteiger partial charge in [0.05, 0.1) is 6.20 Å². The van der Waals surface area contributed by atoms with E-state index in [1.165, 1.54) is 6.20 Å². The minimum absolute atomic E-state index is 0.0750. The number of hydrogen-bond donors (Lipinski definition) is 1. The average molecular weight is 209 g/mol.